The van der Waals surface area contributed by atoms with Crippen LogP contribution in [0.15, 0.2) is 24.3 Å². The number of carbonyl (C=O) groups excluding carboxylic acids is 1. The number of carboxylic acids is 1. The van der Waals surface area contributed by atoms with Gasteiger partial charge in [-0.2, -0.15) is 9.36 Å². The normalized spacial score (nSPS) is 11.1. The number of benzene rings is 1. The van der Waals surface area contributed by atoms with Gasteiger partial charge in [0, 0.05) is 17.1 Å². The second-order valence-electron chi connectivity index (χ2n) is 4.14. The summed E-state index contributed by atoms with van der Waals surface area (Å²) in [6.45, 7) is 1.81. The van der Waals surface area contributed by atoms with Gasteiger partial charge in [-0.25, -0.2) is 9.59 Å². The molecule has 0 spiro atoms. The van der Waals surface area contributed by atoms with Crippen LogP contribution in [0.5, 0.6) is 5.75 Å². The minimum Gasteiger partial charge on any atom is -0.478 e. The number of hydrogen-bond acceptors (Lipinski definition) is 8. The van der Waals surface area contributed by atoms with Crippen molar-refractivity contribution in [2.24, 2.45) is 0 Å². The molecule has 0 radical (unpaired) electrons. The summed E-state index contributed by atoms with van der Waals surface area (Å²) in [5, 5.41) is 9.49. The Labute approximate surface area is 135 Å². The Morgan fingerprint density at radius 1 is 1.39 bits per heavy atom. The Morgan fingerprint density at radius 2 is 2.13 bits per heavy atom. The fourth-order valence-corrected chi connectivity index (χ4v) is 2.10. The Balaban J connectivity index is 2.39. The molecule has 0 aliphatic rings. The number of carbonyl (C=O) groups is 2. The Hall–Kier alpha value is -2.94. The van der Waals surface area contributed by atoms with Crippen LogP contribution in [0.4, 0.5) is 9.93 Å². The van der Waals surface area contributed by atoms with Crippen LogP contribution in [0, 0.1) is 0 Å². The predicted octanol–water partition coefficient (Wildman–Crippen LogP) is 2.28. The summed E-state index contributed by atoms with van der Waals surface area (Å²) in [5.41, 5.74) is 5.68. The second kappa shape index (κ2) is 7.36. The number of hydrogen-bond donors (Lipinski definition) is 2. The van der Waals surface area contributed by atoms with Gasteiger partial charge < -0.3 is 20.3 Å². The van der Waals surface area contributed by atoms with E-state index in [-0.39, 0.29) is 28.9 Å². The monoisotopic (exact) mass is 335 g/mol. The first-order chi connectivity index (χ1) is 11.0. The maximum Gasteiger partial charge on any atom is 0.513 e. The number of rotatable bonds is 5. The van der Waals surface area contributed by atoms with Gasteiger partial charge in [-0.1, -0.05) is 18.2 Å². The SMILES string of the molecule is CCOC(=O)Oc1ccccc1/C=C(\C(=O)O)c1nsc(N)n1. The third-order valence-electron chi connectivity index (χ3n) is 2.59. The molecule has 1 aromatic carbocycles. The highest BCUT2D eigenvalue weighted by Gasteiger charge is 2.17. The average Bonchev–Trinajstić information content (AvgIpc) is 2.92. The molecule has 1 aromatic heterocycles. The lowest BCUT2D eigenvalue weighted by Gasteiger charge is -2.07. The smallest absolute Gasteiger partial charge is 0.478 e. The van der Waals surface area contributed by atoms with Crippen molar-refractivity contribution in [3.05, 3.63) is 35.7 Å². The van der Waals surface area contributed by atoms with Gasteiger partial charge in [-0.05, 0) is 19.1 Å². The van der Waals surface area contributed by atoms with Gasteiger partial charge >= 0.3 is 12.1 Å². The molecule has 23 heavy (non-hydrogen) atoms. The highest BCUT2D eigenvalue weighted by atomic mass is 32.1. The molecular weight excluding hydrogens is 322 g/mol. The van der Waals surface area contributed by atoms with Crippen LogP contribution in [0.1, 0.15) is 18.3 Å². The lowest BCUT2D eigenvalue weighted by molar-refractivity contribution is -0.130. The number of anilines is 1. The van der Waals surface area contributed by atoms with E-state index in [0.29, 0.717) is 5.56 Å². The third-order valence-corrected chi connectivity index (χ3v) is 3.13. The number of carboxylic acid groups (broad SMARTS) is 1. The van der Waals surface area contributed by atoms with E-state index in [1.165, 1.54) is 12.1 Å². The van der Waals surface area contributed by atoms with Crippen LogP contribution in [-0.2, 0) is 9.53 Å². The van der Waals surface area contributed by atoms with Crippen molar-refractivity contribution in [1.82, 2.24) is 9.36 Å². The largest absolute Gasteiger partial charge is 0.513 e. The van der Waals surface area contributed by atoms with E-state index in [1.54, 1.807) is 25.1 Å². The third kappa shape index (κ3) is 4.27. The molecule has 0 saturated carbocycles. The maximum atomic E-state index is 11.4. The molecule has 0 fully saturated rings. The van der Waals surface area contributed by atoms with E-state index in [2.05, 4.69) is 9.36 Å². The first-order valence-electron chi connectivity index (χ1n) is 6.49. The van der Waals surface area contributed by atoms with Crippen LogP contribution < -0.4 is 10.5 Å². The van der Waals surface area contributed by atoms with Gasteiger partial charge in [0.1, 0.15) is 11.3 Å². The number of nitrogens with zero attached hydrogens (tertiary/aromatic N) is 2. The van der Waals surface area contributed by atoms with Crippen LogP contribution in [0.3, 0.4) is 0 Å². The average molecular weight is 335 g/mol. The van der Waals surface area contributed by atoms with Gasteiger partial charge in [0.25, 0.3) is 0 Å². The first-order valence-corrected chi connectivity index (χ1v) is 7.26. The highest BCUT2D eigenvalue weighted by molar-refractivity contribution is 7.09. The molecule has 0 amide bonds. The van der Waals surface area contributed by atoms with E-state index in [0.717, 1.165) is 11.5 Å². The Bertz CT molecular complexity index is 756. The first kappa shape index (κ1) is 16.4. The highest BCUT2D eigenvalue weighted by Crippen LogP contribution is 2.25. The summed E-state index contributed by atoms with van der Waals surface area (Å²) in [7, 11) is 0. The molecule has 3 N–H and O–H groups in total. The van der Waals surface area contributed by atoms with Crippen LogP contribution >= 0.6 is 11.5 Å². The van der Waals surface area contributed by atoms with Gasteiger partial charge in [-0.15, -0.1) is 0 Å². The number of nitrogens with two attached hydrogens (primary N) is 1. The molecule has 0 aliphatic carbocycles. The summed E-state index contributed by atoms with van der Waals surface area (Å²) in [4.78, 5) is 26.7. The number of aromatic nitrogens is 2. The zero-order chi connectivity index (χ0) is 16.8. The number of ether oxygens (including phenoxy) is 2. The summed E-state index contributed by atoms with van der Waals surface area (Å²) < 4.78 is 13.6. The number of nitrogen functional groups attached to an aromatic ring is 1. The van der Waals surface area contributed by atoms with Crippen molar-refractivity contribution in [2.75, 3.05) is 12.3 Å². The van der Waals surface area contributed by atoms with Gasteiger partial charge in [0.15, 0.2) is 11.0 Å². The molecule has 9 heteroatoms. The molecule has 2 rings (SSSR count). The number of para-hydroxylation sites is 1. The fourth-order valence-electron chi connectivity index (χ4n) is 1.65. The lowest BCUT2D eigenvalue weighted by Crippen LogP contribution is -2.11. The molecule has 0 saturated heterocycles. The summed E-state index contributed by atoms with van der Waals surface area (Å²) in [5.74, 6) is -1.08. The Kier molecular flexibility index (Phi) is 5.26. The van der Waals surface area contributed by atoms with Crippen molar-refractivity contribution in [3.63, 3.8) is 0 Å². The summed E-state index contributed by atoms with van der Waals surface area (Å²) in [6.07, 6.45) is 0.430. The van der Waals surface area contributed by atoms with Gasteiger partial charge in [-0.3, -0.25) is 0 Å². The van der Waals surface area contributed by atoms with E-state index >= 15 is 0 Å². The topological polar surface area (TPSA) is 125 Å². The van der Waals surface area contributed by atoms with Crippen LogP contribution in [0.25, 0.3) is 11.6 Å². The Morgan fingerprint density at radius 3 is 2.74 bits per heavy atom. The van der Waals surface area contributed by atoms with Gasteiger partial charge in [0.2, 0.25) is 0 Å². The van der Waals surface area contributed by atoms with E-state index in [4.69, 9.17) is 15.2 Å². The van der Waals surface area contributed by atoms with Crippen molar-refractivity contribution in [2.45, 2.75) is 6.92 Å². The predicted molar refractivity (Wildman–Crippen MR) is 83.9 cm³/mol. The molecular formula is C14H13N3O5S. The van der Waals surface area contributed by atoms with Crippen molar-refractivity contribution >= 4 is 40.4 Å². The zero-order valence-electron chi connectivity index (χ0n) is 12.1. The fraction of sp³-hybridized carbons (Fsp3) is 0.143. The van der Waals surface area contributed by atoms with Crippen molar-refractivity contribution in [3.8, 4) is 5.75 Å². The minimum atomic E-state index is -1.23. The van der Waals surface area contributed by atoms with Gasteiger partial charge in [0.05, 0.1) is 6.61 Å². The molecule has 0 bridgehead atoms. The quantitative estimate of drug-likeness (QED) is 0.484. The van der Waals surface area contributed by atoms with E-state index in [1.807, 2.05) is 0 Å². The number of aliphatic carboxylic acids is 1. The molecule has 0 unspecified atom stereocenters. The minimum absolute atomic E-state index is 0.00839. The summed E-state index contributed by atoms with van der Waals surface area (Å²) >= 11 is 0.889. The van der Waals surface area contributed by atoms with Crippen LogP contribution in [-0.4, -0.2) is 33.2 Å². The molecule has 120 valence electrons. The second-order valence-corrected chi connectivity index (χ2v) is 4.93. The maximum absolute atomic E-state index is 11.4. The standard InChI is InChI=1S/C14H13N3O5S/c1-2-21-14(20)22-10-6-4-3-5-8(10)7-9(12(18)19)11-16-13(15)23-17-11/h3-7H,2H2,1H3,(H,18,19)(H2,15,16,17)/b9-7-. The molecule has 1 heterocycles. The summed E-state index contributed by atoms with van der Waals surface area (Å²) in [6, 6.07) is 6.43. The van der Waals surface area contributed by atoms with Crippen LogP contribution in [0.2, 0.25) is 0 Å². The van der Waals surface area contributed by atoms with Crippen molar-refractivity contribution < 1.29 is 24.2 Å². The molecule has 8 nitrogen and oxygen atoms in total. The van der Waals surface area contributed by atoms with E-state index < -0.39 is 12.1 Å². The molecule has 2 aromatic rings. The molecule has 0 aliphatic heterocycles. The van der Waals surface area contributed by atoms with E-state index in [9.17, 15) is 14.7 Å². The zero-order valence-corrected chi connectivity index (χ0v) is 12.9. The molecule has 0 atom stereocenters. The lowest BCUT2D eigenvalue weighted by atomic mass is 10.1. The van der Waals surface area contributed by atoms with Crippen molar-refractivity contribution in [1.29, 1.82) is 0 Å².